The molecule has 1 aromatic rings. The van der Waals surface area contributed by atoms with Crippen LogP contribution in [0.3, 0.4) is 0 Å². The van der Waals surface area contributed by atoms with Crippen LogP contribution in [0.25, 0.3) is 0 Å². The Morgan fingerprint density at radius 3 is 1.77 bits per heavy atom. The molecular formula is C25H40O6. The van der Waals surface area contributed by atoms with Gasteiger partial charge in [0.15, 0.2) is 0 Å². The summed E-state index contributed by atoms with van der Waals surface area (Å²) in [6, 6.07) is 6.90. The zero-order chi connectivity index (χ0) is 22.4. The van der Waals surface area contributed by atoms with Gasteiger partial charge < -0.3 is 23.7 Å². The van der Waals surface area contributed by atoms with Crippen LogP contribution in [-0.2, 0) is 19.0 Å². The third-order valence-corrected chi connectivity index (χ3v) is 4.52. The molecule has 0 aromatic heterocycles. The van der Waals surface area contributed by atoms with Crippen molar-refractivity contribution in [2.75, 3.05) is 46.2 Å². The molecule has 0 spiro atoms. The molecule has 0 aliphatic heterocycles. The molecule has 0 radical (unpaired) electrons. The van der Waals surface area contributed by atoms with Crippen molar-refractivity contribution >= 4 is 5.97 Å². The fraction of sp³-hybridized carbons (Fsp3) is 0.640. The molecule has 0 amide bonds. The maximum absolute atomic E-state index is 10.9. The predicted molar refractivity (Wildman–Crippen MR) is 123 cm³/mol. The third kappa shape index (κ3) is 17.5. The number of esters is 1. The van der Waals surface area contributed by atoms with Crippen LogP contribution in [0.1, 0.15) is 58.3 Å². The third-order valence-electron chi connectivity index (χ3n) is 4.52. The van der Waals surface area contributed by atoms with Crippen molar-refractivity contribution in [2.24, 2.45) is 0 Å². The van der Waals surface area contributed by atoms with Crippen LogP contribution in [0.4, 0.5) is 0 Å². The van der Waals surface area contributed by atoms with E-state index >= 15 is 0 Å². The molecule has 0 atom stereocenters. The lowest BCUT2D eigenvalue weighted by atomic mass is 10.1. The van der Waals surface area contributed by atoms with Crippen LogP contribution in [-0.4, -0.2) is 52.2 Å². The first-order valence-corrected chi connectivity index (χ1v) is 11.5. The Kier molecular flexibility index (Phi) is 17.5. The molecular weight excluding hydrogens is 396 g/mol. The van der Waals surface area contributed by atoms with Gasteiger partial charge in [-0.05, 0) is 43.5 Å². The van der Waals surface area contributed by atoms with Gasteiger partial charge in [0.1, 0.15) is 18.1 Å². The summed E-state index contributed by atoms with van der Waals surface area (Å²) < 4.78 is 27.1. The van der Waals surface area contributed by atoms with Gasteiger partial charge in [-0.2, -0.15) is 0 Å². The van der Waals surface area contributed by atoms with E-state index in [2.05, 4.69) is 6.58 Å². The standard InChI is InChI=1S/C25H40O6/c1-3-4-5-6-7-8-9-10-11-16-27-17-18-28-19-20-29-21-22-30-24-12-14-25(15-13-24)31-23(2)26/h3,12-15H,1,4-11,16-22H2,2H3. The molecule has 0 saturated heterocycles. The summed E-state index contributed by atoms with van der Waals surface area (Å²) in [7, 11) is 0. The van der Waals surface area contributed by atoms with Crippen LogP contribution in [0.5, 0.6) is 11.5 Å². The van der Waals surface area contributed by atoms with E-state index in [9.17, 15) is 4.79 Å². The van der Waals surface area contributed by atoms with Crippen LogP contribution >= 0.6 is 0 Å². The van der Waals surface area contributed by atoms with E-state index in [-0.39, 0.29) is 5.97 Å². The normalized spacial score (nSPS) is 10.7. The minimum atomic E-state index is -0.340. The number of allylic oxidation sites excluding steroid dienone is 1. The highest BCUT2D eigenvalue weighted by atomic mass is 16.6. The Balaban J connectivity index is 1.78. The van der Waals surface area contributed by atoms with Gasteiger partial charge in [0.25, 0.3) is 0 Å². The summed E-state index contributed by atoms with van der Waals surface area (Å²) in [6.07, 6.45) is 12.1. The minimum absolute atomic E-state index is 0.340. The molecule has 0 saturated carbocycles. The first kappa shape index (κ1) is 27.1. The predicted octanol–water partition coefficient (Wildman–Crippen LogP) is 5.35. The van der Waals surface area contributed by atoms with Gasteiger partial charge in [-0.3, -0.25) is 4.79 Å². The second-order valence-corrected chi connectivity index (χ2v) is 7.30. The molecule has 0 heterocycles. The molecule has 6 heteroatoms. The number of carbonyl (C=O) groups is 1. The van der Waals surface area contributed by atoms with Gasteiger partial charge in [0.2, 0.25) is 0 Å². The lowest BCUT2D eigenvalue weighted by Crippen LogP contribution is -2.13. The highest BCUT2D eigenvalue weighted by molar-refractivity contribution is 5.69. The van der Waals surface area contributed by atoms with Crippen LogP contribution < -0.4 is 9.47 Å². The minimum Gasteiger partial charge on any atom is -0.491 e. The maximum Gasteiger partial charge on any atom is 0.308 e. The van der Waals surface area contributed by atoms with E-state index in [1.54, 1.807) is 24.3 Å². The van der Waals surface area contributed by atoms with Crippen molar-refractivity contribution in [3.05, 3.63) is 36.9 Å². The first-order valence-electron chi connectivity index (χ1n) is 11.5. The van der Waals surface area contributed by atoms with Crippen molar-refractivity contribution in [2.45, 2.75) is 58.3 Å². The van der Waals surface area contributed by atoms with E-state index in [1.165, 1.54) is 45.4 Å². The summed E-state index contributed by atoms with van der Waals surface area (Å²) in [6.45, 7) is 9.17. The quantitative estimate of drug-likeness (QED) is 0.112. The van der Waals surface area contributed by atoms with Gasteiger partial charge in [0, 0.05) is 13.5 Å². The lowest BCUT2D eigenvalue weighted by Gasteiger charge is -2.09. The number of hydrogen-bond acceptors (Lipinski definition) is 6. The molecule has 6 nitrogen and oxygen atoms in total. The van der Waals surface area contributed by atoms with Crippen molar-refractivity contribution < 1.29 is 28.5 Å². The van der Waals surface area contributed by atoms with Crippen LogP contribution in [0, 0.1) is 0 Å². The van der Waals surface area contributed by atoms with Gasteiger partial charge >= 0.3 is 5.97 Å². The van der Waals surface area contributed by atoms with Crippen LogP contribution in [0.15, 0.2) is 36.9 Å². The summed E-state index contributed by atoms with van der Waals surface area (Å²) >= 11 is 0. The molecule has 0 bridgehead atoms. The summed E-state index contributed by atoms with van der Waals surface area (Å²) in [5.74, 6) is 0.867. The van der Waals surface area contributed by atoms with E-state index in [0.29, 0.717) is 51.1 Å². The van der Waals surface area contributed by atoms with Crippen molar-refractivity contribution in [3.63, 3.8) is 0 Å². The number of rotatable bonds is 21. The molecule has 1 aromatic carbocycles. The topological polar surface area (TPSA) is 63.2 Å². The molecule has 1 rings (SSSR count). The number of ether oxygens (including phenoxy) is 5. The molecule has 0 aliphatic rings. The van der Waals surface area contributed by atoms with Crippen molar-refractivity contribution in [3.8, 4) is 11.5 Å². The van der Waals surface area contributed by atoms with Gasteiger partial charge in [-0.25, -0.2) is 0 Å². The highest BCUT2D eigenvalue weighted by Gasteiger charge is 1.99. The Morgan fingerprint density at radius 1 is 0.710 bits per heavy atom. The summed E-state index contributed by atoms with van der Waals surface area (Å²) in [5.41, 5.74) is 0. The largest absolute Gasteiger partial charge is 0.491 e. The second kappa shape index (κ2) is 20.0. The fourth-order valence-electron chi connectivity index (χ4n) is 2.91. The molecule has 31 heavy (non-hydrogen) atoms. The average molecular weight is 437 g/mol. The molecule has 0 unspecified atom stereocenters. The molecule has 0 fully saturated rings. The highest BCUT2D eigenvalue weighted by Crippen LogP contribution is 2.17. The van der Waals surface area contributed by atoms with Gasteiger partial charge in [0.05, 0.1) is 33.0 Å². The number of hydrogen-bond donors (Lipinski definition) is 0. The Bertz CT molecular complexity index is 558. The SMILES string of the molecule is C=CCCCCCCCCCOCCOCCOCCOc1ccc(OC(C)=O)cc1. The van der Waals surface area contributed by atoms with Crippen LogP contribution in [0.2, 0.25) is 0 Å². The number of unbranched alkanes of at least 4 members (excludes halogenated alkanes) is 7. The monoisotopic (exact) mass is 436 g/mol. The number of carbonyl (C=O) groups excluding carboxylic acids is 1. The zero-order valence-electron chi connectivity index (χ0n) is 19.1. The van der Waals surface area contributed by atoms with Gasteiger partial charge in [-0.1, -0.05) is 38.2 Å². The first-order chi connectivity index (χ1) is 15.2. The van der Waals surface area contributed by atoms with Crippen molar-refractivity contribution in [1.82, 2.24) is 0 Å². The van der Waals surface area contributed by atoms with E-state index in [4.69, 9.17) is 23.7 Å². The summed E-state index contributed by atoms with van der Waals surface area (Å²) in [5, 5.41) is 0. The maximum atomic E-state index is 10.9. The lowest BCUT2D eigenvalue weighted by molar-refractivity contribution is -0.131. The Hall–Kier alpha value is -1.89. The zero-order valence-corrected chi connectivity index (χ0v) is 19.1. The fourth-order valence-corrected chi connectivity index (χ4v) is 2.91. The van der Waals surface area contributed by atoms with Gasteiger partial charge in [-0.15, -0.1) is 6.58 Å². The molecule has 176 valence electrons. The van der Waals surface area contributed by atoms with Crippen molar-refractivity contribution in [1.29, 1.82) is 0 Å². The Labute approximate surface area is 187 Å². The average Bonchev–Trinajstić information content (AvgIpc) is 2.76. The molecule has 0 aliphatic carbocycles. The second-order valence-electron chi connectivity index (χ2n) is 7.30. The van der Waals surface area contributed by atoms with E-state index < -0.39 is 0 Å². The molecule has 0 N–H and O–H groups in total. The van der Waals surface area contributed by atoms with E-state index in [1.807, 2.05) is 6.08 Å². The smallest absolute Gasteiger partial charge is 0.308 e. The Morgan fingerprint density at radius 2 is 1.19 bits per heavy atom. The van der Waals surface area contributed by atoms with E-state index in [0.717, 1.165) is 19.4 Å². The summed E-state index contributed by atoms with van der Waals surface area (Å²) in [4.78, 5) is 10.9. The number of benzene rings is 1.